The van der Waals surface area contributed by atoms with Crippen LogP contribution in [0.1, 0.15) is 40.3 Å². The molecule has 1 saturated heterocycles. The minimum Gasteiger partial charge on any atom is -0.439 e. The number of pyridine rings is 1. The van der Waals surface area contributed by atoms with Crippen LogP contribution in [0.3, 0.4) is 0 Å². The van der Waals surface area contributed by atoms with E-state index in [9.17, 15) is 0 Å². The largest absolute Gasteiger partial charge is 0.439 e. The number of rotatable bonds is 5. The molecule has 0 saturated carbocycles. The first-order chi connectivity index (χ1) is 11.7. The monoisotopic (exact) mass is 374 g/mol. The van der Waals surface area contributed by atoms with Gasteiger partial charge in [-0.25, -0.2) is 4.98 Å². The number of hydrogen-bond donors (Lipinski definition) is 1. The lowest BCUT2D eigenvalue weighted by Crippen LogP contribution is -2.60. The summed E-state index contributed by atoms with van der Waals surface area (Å²) >= 11 is 6.16. The first kappa shape index (κ1) is 18.6. The summed E-state index contributed by atoms with van der Waals surface area (Å²) in [5.41, 5.74) is 0.962. The maximum atomic E-state index is 6.16. The smallest absolute Gasteiger partial charge is 0.219 e. The molecule has 2 aromatic rings. The van der Waals surface area contributed by atoms with Crippen LogP contribution in [0, 0.1) is 5.92 Å². The van der Waals surface area contributed by atoms with E-state index in [1.807, 2.05) is 48.5 Å². The van der Waals surface area contributed by atoms with E-state index in [1.54, 1.807) is 0 Å². The van der Waals surface area contributed by atoms with Crippen molar-refractivity contribution in [1.29, 1.82) is 0 Å². The Labute approximate surface area is 156 Å². The zero-order valence-corrected chi connectivity index (χ0v) is 17.3. The van der Waals surface area contributed by atoms with Crippen molar-refractivity contribution in [1.82, 2.24) is 10.1 Å². The minimum atomic E-state index is -1.70. The summed E-state index contributed by atoms with van der Waals surface area (Å²) in [7, 11) is 0. The van der Waals surface area contributed by atoms with Crippen LogP contribution in [0.25, 0.3) is 0 Å². The molecule has 134 valence electrons. The fraction of sp³-hybridized carbons (Fsp3) is 0.450. The lowest BCUT2D eigenvalue weighted by Gasteiger charge is -2.66. The van der Waals surface area contributed by atoms with Gasteiger partial charge in [-0.1, -0.05) is 70.7 Å². The van der Waals surface area contributed by atoms with Crippen LogP contribution < -0.4 is 9.82 Å². The topological polar surface area (TPSA) is 34.1 Å². The van der Waals surface area contributed by atoms with Gasteiger partial charge in [-0.05, 0) is 24.1 Å². The molecule has 0 spiro atoms. The van der Waals surface area contributed by atoms with Gasteiger partial charge in [-0.15, -0.1) is 0 Å². The van der Waals surface area contributed by atoms with E-state index in [2.05, 4.69) is 44.7 Å². The van der Waals surface area contributed by atoms with Gasteiger partial charge < -0.3 is 4.74 Å². The highest BCUT2D eigenvalue weighted by molar-refractivity contribution is 8.15. The van der Waals surface area contributed by atoms with Crippen molar-refractivity contribution < 1.29 is 4.74 Å². The molecule has 1 N–H and O–H groups in total. The average Bonchev–Trinajstić information content (AvgIpc) is 2.59. The summed E-state index contributed by atoms with van der Waals surface area (Å²) in [6, 6.07) is 15.6. The molecule has 1 aromatic carbocycles. The van der Waals surface area contributed by atoms with Crippen molar-refractivity contribution in [3.05, 3.63) is 54.2 Å². The summed E-state index contributed by atoms with van der Waals surface area (Å²) in [5.74, 6) is 2.02. The van der Waals surface area contributed by atoms with Crippen molar-refractivity contribution in [2.75, 3.05) is 0 Å². The van der Waals surface area contributed by atoms with Gasteiger partial charge in [0.25, 0.3) is 0 Å². The van der Waals surface area contributed by atoms with Crippen molar-refractivity contribution in [2.45, 2.75) is 51.5 Å². The van der Waals surface area contributed by atoms with E-state index in [1.165, 1.54) is 0 Å². The Balaban J connectivity index is 1.72. The van der Waals surface area contributed by atoms with Crippen LogP contribution in [0.15, 0.2) is 48.5 Å². The minimum absolute atomic E-state index is 0.171. The van der Waals surface area contributed by atoms with Crippen molar-refractivity contribution in [3.63, 3.8) is 0 Å². The second kappa shape index (κ2) is 6.50. The van der Waals surface area contributed by atoms with Gasteiger partial charge in [0, 0.05) is 29.1 Å². The number of para-hydroxylation sites is 1. The molecule has 0 aliphatic carbocycles. The zero-order valence-electron chi connectivity index (χ0n) is 15.6. The third kappa shape index (κ3) is 3.05. The molecule has 1 aliphatic heterocycles. The normalized spacial score (nSPS) is 26.7. The van der Waals surface area contributed by atoms with E-state index in [0.29, 0.717) is 18.3 Å². The maximum absolute atomic E-state index is 6.16. The number of hydrogen-bond acceptors (Lipinski definition) is 3. The number of nitrogens with zero attached hydrogens (tertiary/aromatic N) is 1. The first-order valence-corrected chi connectivity index (χ1v) is 11.5. The molecule has 0 amide bonds. The van der Waals surface area contributed by atoms with E-state index in [4.69, 9.17) is 16.5 Å². The Morgan fingerprint density at radius 3 is 2.32 bits per heavy atom. The van der Waals surface area contributed by atoms with E-state index >= 15 is 0 Å². The zero-order chi connectivity index (χ0) is 18.3. The maximum Gasteiger partial charge on any atom is 0.219 e. The van der Waals surface area contributed by atoms with Gasteiger partial charge in [0.05, 0.1) is 5.69 Å². The van der Waals surface area contributed by atoms with Crippen molar-refractivity contribution in [3.8, 4) is 11.6 Å². The molecule has 0 bridgehead atoms. The third-order valence-corrected chi connectivity index (χ3v) is 13.8. The number of ether oxygens (including phenoxy) is 1. The van der Waals surface area contributed by atoms with Crippen LogP contribution >= 0.6 is 6.19 Å². The fourth-order valence-electron chi connectivity index (χ4n) is 3.91. The van der Waals surface area contributed by atoms with E-state index in [0.717, 1.165) is 11.4 Å². The lowest BCUT2D eigenvalue weighted by atomic mass is 9.83. The lowest BCUT2D eigenvalue weighted by molar-refractivity contribution is 0.296. The molecule has 1 fully saturated rings. The Bertz CT molecular complexity index is 784. The molecule has 5 heteroatoms. The molecule has 0 radical (unpaired) electrons. The van der Waals surface area contributed by atoms with Crippen LogP contribution in [0.2, 0.25) is 0 Å². The molecule has 25 heavy (non-hydrogen) atoms. The van der Waals surface area contributed by atoms with Crippen LogP contribution in [-0.4, -0.2) is 15.3 Å². The van der Waals surface area contributed by atoms with Gasteiger partial charge >= 0.3 is 0 Å². The summed E-state index contributed by atoms with van der Waals surface area (Å²) in [6.45, 7) is 12.2. The quantitative estimate of drug-likeness (QED) is 0.694. The van der Waals surface area contributed by atoms with Crippen molar-refractivity contribution in [2.24, 2.45) is 5.92 Å². The summed E-state index contributed by atoms with van der Waals surface area (Å²) < 4.78 is 5.83. The summed E-state index contributed by atoms with van der Waals surface area (Å²) in [6.07, 6.45) is -1.70. The second-order valence-electron chi connectivity index (χ2n) is 7.86. The van der Waals surface area contributed by atoms with Gasteiger partial charge in [0.2, 0.25) is 5.88 Å². The predicted octanol–water partition coefficient (Wildman–Crippen LogP) is 5.56. The fourth-order valence-corrected chi connectivity index (χ4v) is 9.27. The highest BCUT2D eigenvalue weighted by atomic mass is 32.4. The Morgan fingerprint density at radius 1 is 1.04 bits per heavy atom. The Hall–Kier alpha value is -1.22. The van der Waals surface area contributed by atoms with Gasteiger partial charge in [0.15, 0.2) is 0 Å². The molecule has 1 aliphatic rings. The summed E-state index contributed by atoms with van der Waals surface area (Å²) in [4.78, 5) is 4.63. The van der Waals surface area contributed by atoms with E-state index in [-0.39, 0.29) is 10.3 Å². The molecular weight excluding hydrogens is 347 g/mol. The second-order valence-corrected chi connectivity index (χ2v) is 13.3. The summed E-state index contributed by atoms with van der Waals surface area (Å²) in [5, 5.41) is 4.06. The first-order valence-electron chi connectivity index (χ1n) is 8.73. The average molecular weight is 374 g/mol. The third-order valence-electron chi connectivity index (χ3n) is 5.97. The molecular formula is C20H27N2OPS. The number of aromatic nitrogens is 1. The molecule has 2 heterocycles. The predicted molar refractivity (Wildman–Crippen MR) is 109 cm³/mol. The Morgan fingerprint density at radius 2 is 1.68 bits per heavy atom. The van der Waals surface area contributed by atoms with Crippen LogP contribution in [0.4, 0.5) is 0 Å². The van der Waals surface area contributed by atoms with Crippen molar-refractivity contribution >= 4 is 18.0 Å². The van der Waals surface area contributed by atoms with E-state index < -0.39 is 6.19 Å². The molecule has 0 unspecified atom stereocenters. The molecule has 3 rings (SSSR count). The highest BCUT2D eigenvalue weighted by Crippen LogP contribution is 2.79. The molecule has 1 aromatic heterocycles. The van der Waals surface area contributed by atoms with Crippen LogP contribution in [0.5, 0.6) is 11.6 Å². The van der Waals surface area contributed by atoms with Gasteiger partial charge in [-0.2, -0.15) is 0 Å². The van der Waals surface area contributed by atoms with Gasteiger partial charge in [0.1, 0.15) is 5.75 Å². The highest BCUT2D eigenvalue weighted by Gasteiger charge is 2.64. The van der Waals surface area contributed by atoms with Gasteiger partial charge in [-0.3, -0.25) is 5.09 Å². The SMILES string of the molecule is CC1C(C)(C)P(=S)(NCc2cccc(Oc3ccccc3)n2)C1(C)C. The number of nitrogens with one attached hydrogen (secondary N) is 1. The Kier molecular flexibility index (Phi) is 4.83. The van der Waals surface area contributed by atoms with Crippen LogP contribution in [-0.2, 0) is 18.4 Å². The molecule has 3 nitrogen and oxygen atoms in total. The molecule has 0 atom stereocenters. The number of benzene rings is 1. The standard InChI is InChI=1S/C20H27N2OPS/c1-15-19(2,3)24(25,20(15,4)5)21-14-16-10-9-13-18(22-16)23-17-11-7-6-8-12-17/h6-13,15H,14H2,1-5H3,(H,21,25).